The Balaban J connectivity index is 1.12. The molecule has 0 radical (unpaired) electrons. The van der Waals surface area contributed by atoms with E-state index in [0.29, 0.717) is 71.6 Å². The number of hydrogen-bond acceptors (Lipinski definition) is 9. The predicted molar refractivity (Wildman–Crippen MR) is 188 cm³/mol. The maximum atomic E-state index is 14.3. The molecule has 0 unspecified atom stereocenters. The number of amidine groups is 1. The van der Waals surface area contributed by atoms with Gasteiger partial charge in [-0.2, -0.15) is 0 Å². The fourth-order valence-corrected chi connectivity index (χ4v) is 7.48. The number of urea groups is 1. The van der Waals surface area contributed by atoms with E-state index < -0.39 is 35.2 Å². The highest BCUT2D eigenvalue weighted by Gasteiger charge is 2.42. The molecule has 0 bridgehead atoms. The Hall–Kier alpha value is -5.18. The van der Waals surface area contributed by atoms with E-state index in [1.165, 1.54) is 41.7 Å². The Morgan fingerprint density at radius 3 is 2.53 bits per heavy atom. The molecule has 15 heteroatoms. The number of hydrogen-bond donors (Lipinski definition) is 2. The number of aromatic nitrogens is 1. The second-order valence-corrected chi connectivity index (χ2v) is 13.4. The number of carbonyl (C=O) groups excluding carboxylic acids is 2. The van der Waals surface area contributed by atoms with Gasteiger partial charge in [0.15, 0.2) is 10.8 Å². The molecule has 51 heavy (non-hydrogen) atoms. The number of rotatable bonds is 9. The number of carboxylic acid groups (broad SMARTS) is 1. The quantitative estimate of drug-likeness (QED) is 0.202. The molecule has 7 rings (SSSR count). The smallest absolute Gasteiger partial charge is 0.338 e. The molecule has 0 saturated carbocycles. The molecule has 2 amide bonds. The summed E-state index contributed by atoms with van der Waals surface area (Å²) in [5, 5.41) is 15.0. The third-order valence-corrected chi connectivity index (χ3v) is 10.2. The van der Waals surface area contributed by atoms with E-state index in [0.717, 1.165) is 0 Å². The molecule has 4 aromatic rings. The number of ether oxygens (including phenoxy) is 1. The second-order valence-electron chi connectivity index (χ2n) is 12.1. The second kappa shape index (κ2) is 14.2. The largest absolute Gasteiger partial charge is 0.478 e. The van der Waals surface area contributed by atoms with Gasteiger partial charge in [0.25, 0.3) is 0 Å². The molecule has 1 aromatic heterocycles. The number of nitrogens with one attached hydrogen (secondary N) is 1. The lowest BCUT2D eigenvalue weighted by molar-refractivity contribution is -0.139. The fourth-order valence-electron chi connectivity index (χ4n) is 6.62. The minimum atomic E-state index is -1.34. The zero-order valence-corrected chi connectivity index (χ0v) is 28.8. The van der Waals surface area contributed by atoms with E-state index in [1.807, 2.05) is 10.3 Å². The van der Waals surface area contributed by atoms with Gasteiger partial charge in [-0.1, -0.05) is 35.9 Å². The van der Waals surface area contributed by atoms with E-state index in [-0.39, 0.29) is 29.3 Å². The monoisotopic (exact) mass is 732 g/mol. The molecular formula is C36H31ClF2N6O5S. The van der Waals surface area contributed by atoms with Gasteiger partial charge in [-0.05, 0) is 54.4 Å². The van der Waals surface area contributed by atoms with Crippen molar-refractivity contribution in [2.45, 2.75) is 19.0 Å². The number of esters is 1. The minimum Gasteiger partial charge on any atom is -0.478 e. The van der Waals surface area contributed by atoms with Crippen LogP contribution in [0.3, 0.4) is 0 Å². The number of benzene rings is 3. The van der Waals surface area contributed by atoms with Crippen molar-refractivity contribution in [1.82, 2.24) is 20.1 Å². The number of amides is 2. The van der Waals surface area contributed by atoms with Gasteiger partial charge >= 0.3 is 18.0 Å². The van der Waals surface area contributed by atoms with Gasteiger partial charge in [-0.15, -0.1) is 11.3 Å². The number of fused-ring (bicyclic) bond motifs is 1. The zero-order valence-electron chi connectivity index (χ0n) is 27.2. The van der Waals surface area contributed by atoms with Gasteiger partial charge in [-0.25, -0.2) is 28.1 Å². The summed E-state index contributed by atoms with van der Waals surface area (Å²) in [5.41, 5.74) is 2.73. The predicted octanol–water partition coefficient (Wildman–Crippen LogP) is 5.97. The SMILES string of the molecule is CCOC(=O)C1=C(CN2CCN3C(=O)N(c4ccc(-c5ccc(C(=O)O)c(F)c5)cc4)C[C@@H]3C2)NC(c2nccs2)=N[C@H]1c1ccc(F)cc1Cl. The zero-order chi connectivity index (χ0) is 35.8. The minimum absolute atomic E-state index is 0.125. The Kier molecular flexibility index (Phi) is 9.55. The van der Waals surface area contributed by atoms with Crippen LogP contribution in [0.1, 0.15) is 33.9 Å². The molecule has 0 aliphatic carbocycles. The molecule has 4 heterocycles. The van der Waals surface area contributed by atoms with Crippen LogP contribution in [0.25, 0.3) is 11.1 Å². The number of piperazine rings is 1. The van der Waals surface area contributed by atoms with Crippen molar-refractivity contribution in [2.24, 2.45) is 4.99 Å². The van der Waals surface area contributed by atoms with Crippen molar-refractivity contribution >= 4 is 52.4 Å². The first-order valence-electron chi connectivity index (χ1n) is 16.1. The highest BCUT2D eigenvalue weighted by molar-refractivity contribution is 7.11. The van der Waals surface area contributed by atoms with Gasteiger partial charge in [0.05, 0.1) is 23.8 Å². The summed E-state index contributed by atoms with van der Waals surface area (Å²) < 4.78 is 33.9. The van der Waals surface area contributed by atoms with Crippen molar-refractivity contribution in [2.75, 3.05) is 44.2 Å². The lowest BCUT2D eigenvalue weighted by atomic mass is 9.95. The van der Waals surface area contributed by atoms with E-state index in [2.05, 4.69) is 15.2 Å². The van der Waals surface area contributed by atoms with Gasteiger partial charge in [0, 0.05) is 66.3 Å². The summed E-state index contributed by atoms with van der Waals surface area (Å²) in [6.07, 6.45) is 1.66. The molecule has 0 spiro atoms. The summed E-state index contributed by atoms with van der Waals surface area (Å²) >= 11 is 7.89. The van der Waals surface area contributed by atoms with Crippen LogP contribution < -0.4 is 10.2 Å². The van der Waals surface area contributed by atoms with E-state index in [4.69, 9.17) is 26.4 Å². The summed E-state index contributed by atoms with van der Waals surface area (Å²) in [4.78, 5) is 53.3. The normalized spacial score (nSPS) is 19.1. The number of nitrogens with zero attached hydrogens (tertiary/aromatic N) is 5. The molecule has 2 saturated heterocycles. The number of aliphatic imine (C=N–C) groups is 1. The van der Waals surface area contributed by atoms with Crippen LogP contribution >= 0.6 is 22.9 Å². The molecule has 3 aliphatic heterocycles. The van der Waals surface area contributed by atoms with Crippen LogP contribution in [0.15, 0.2) is 88.5 Å². The average molecular weight is 733 g/mol. The third-order valence-electron chi connectivity index (χ3n) is 9.04. The maximum Gasteiger partial charge on any atom is 0.338 e. The lowest BCUT2D eigenvalue weighted by Crippen LogP contribution is -2.53. The number of carboxylic acids is 1. The first kappa shape index (κ1) is 34.3. The summed E-state index contributed by atoms with van der Waals surface area (Å²) in [5.74, 6) is -2.80. The highest BCUT2D eigenvalue weighted by atomic mass is 35.5. The number of halogens is 3. The van der Waals surface area contributed by atoms with Gasteiger partial charge in [0.1, 0.15) is 17.7 Å². The third kappa shape index (κ3) is 6.81. The van der Waals surface area contributed by atoms with Gasteiger partial charge in [0.2, 0.25) is 0 Å². The van der Waals surface area contributed by atoms with E-state index in [1.54, 1.807) is 48.4 Å². The first-order valence-corrected chi connectivity index (χ1v) is 17.4. The molecular weight excluding hydrogens is 702 g/mol. The number of carbonyl (C=O) groups is 3. The highest BCUT2D eigenvalue weighted by Crippen LogP contribution is 2.37. The van der Waals surface area contributed by atoms with E-state index >= 15 is 0 Å². The Labute approximate surface area is 300 Å². The first-order chi connectivity index (χ1) is 24.6. The molecule has 3 aliphatic rings. The molecule has 11 nitrogen and oxygen atoms in total. The van der Waals surface area contributed by atoms with Crippen LogP contribution in [0, 0.1) is 11.6 Å². The topological polar surface area (TPSA) is 128 Å². The van der Waals surface area contributed by atoms with Crippen LogP contribution in [-0.4, -0.2) is 89.1 Å². The van der Waals surface area contributed by atoms with Gasteiger partial charge < -0.3 is 20.1 Å². The molecule has 2 atom stereocenters. The molecule has 262 valence electrons. The number of aromatic carboxylic acids is 1. The average Bonchev–Trinajstić information content (AvgIpc) is 3.76. The van der Waals surface area contributed by atoms with Crippen molar-refractivity contribution in [3.8, 4) is 11.1 Å². The standard InChI is InChI=1S/C36H31ClF2N6O5S/c1-2-50-35(48)30-29(41-32(33-40-11-14-51-33)42-31(30)25-10-6-22(38)16-27(25)37)19-43-12-13-44-24(17-43)18-45(36(44)49)23-7-3-20(4-8-23)21-5-9-26(34(46)47)28(39)15-21/h3-11,14-16,24,31H,2,12-13,17-19H2,1H3,(H,41,42)(H,46,47)/t24-,31-/m0/s1. The van der Waals surface area contributed by atoms with Crippen LogP contribution in [0.5, 0.6) is 0 Å². The lowest BCUT2D eigenvalue weighted by Gasteiger charge is -2.38. The Bertz CT molecular complexity index is 2080. The van der Waals surface area contributed by atoms with Crippen molar-refractivity contribution in [3.05, 3.63) is 116 Å². The van der Waals surface area contributed by atoms with Crippen LogP contribution in [0.2, 0.25) is 5.02 Å². The number of thiazole rings is 1. The van der Waals surface area contributed by atoms with Gasteiger partial charge in [-0.3, -0.25) is 14.8 Å². The molecule has 3 aromatic carbocycles. The Morgan fingerprint density at radius 2 is 1.84 bits per heavy atom. The molecule has 2 N–H and O–H groups in total. The molecule has 2 fully saturated rings. The fraction of sp³-hybridized carbons (Fsp3) is 0.250. The van der Waals surface area contributed by atoms with Crippen LogP contribution in [-0.2, 0) is 9.53 Å². The summed E-state index contributed by atoms with van der Waals surface area (Å²) in [6, 6.07) is 13.9. The van der Waals surface area contributed by atoms with Crippen LogP contribution in [0.4, 0.5) is 19.3 Å². The van der Waals surface area contributed by atoms with E-state index in [9.17, 15) is 23.2 Å². The number of anilines is 1. The van der Waals surface area contributed by atoms with Crippen molar-refractivity contribution in [1.29, 1.82) is 0 Å². The Morgan fingerprint density at radius 1 is 1.06 bits per heavy atom. The summed E-state index contributed by atoms with van der Waals surface area (Å²) in [6.45, 7) is 4.08. The van der Waals surface area contributed by atoms with Crippen molar-refractivity contribution < 1.29 is 33.0 Å². The summed E-state index contributed by atoms with van der Waals surface area (Å²) in [7, 11) is 0. The van der Waals surface area contributed by atoms with Crippen molar-refractivity contribution in [3.63, 3.8) is 0 Å². The maximum absolute atomic E-state index is 14.3.